The van der Waals surface area contributed by atoms with Crippen LogP contribution in [0.3, 0.4) is 0 Å². The Kier molecular flexibility index (Phi) is 4.36. The van der Waals surface area contributed by atoms with Crippen LogP contribution in [0.2, 0.25) is 0 Å². The standard InChI is InChI=1S/C21H25N3O5/c1-22-17-13-15(14-7-9-21(10-8-14)28-11-12-29-21)5-6-16(17)23(20(22)27)24-18(25)3-2-4-19(24)26/h5-6,13-14H,2-4,7-12H2,1H3. The summed E-state index contributed by atoms with van der Waals surface area (Å²) in [7, 11) is 1.68. The fraction of sp³-hybridized carbons (Fsp3) is 0.571. The predicted molar refractivity (Wildman–Crippen MR) is 105 cm³/mol. The molecule has 1 aromatic carbocycles. The van der Waals surface area contributed by atoms with Gasteiger partial charge in [-0.05, 0) is 42.9 Å². The first-order chi connectivity index (χ1) is 14.0. The van der Waals surface area contributed by atoms with E-state index in [1.54, 1.807) is 7.05 Å². The summed E-state index contributed by atoms with van der Waals surface area (Å²) in [6, 6.07) is 5.88. The van der Waals surface area contributed by atoms with Crippen LogP contribution in [-0.2, 0) is 26.1 Å². The van der Waals surface area contributed by atoms with E-state index >= 15 is 0 Å². The van der Waals surface area contributed by atoms with E-state index in [-0.39, 0.29) is 30.3 Å². The van der Waals surface area contributed by atoms with Gasteiger partial charge in [-0.1, -0.05) is 6.07 Å². The average molecular weight is 399 g/mol. The van der Waals surface area contributed by atoms with Crippen molar-refractivity contribution in [2.75, 3.05) is 18.2 Å². The van der Waals surface area contributed by atoms with Crippen molar-refractivity contribution < 1.29 is 19.1 Å². The molecule has 0 atom stereocenters. The molecule has 0 N–H and O–H groups in total. The van der Waals surface area contributed by atoms with Gasteiger partial charge in [0.25, 0.3) is 0 Å². The van der Waals surface area contributed by atoms with E-state index in [1.165, 1.54) is 9.24 Å². The second kappa shape index (κ2) is 6.81. The molecule has 1 saturated carbocycles. The number of piperidine rings is 1. The van der Waals surface area contributed by atoms with Crippen LogP contribution in [0.4, 0.5) is 0 Å². The molecule has 0 radical (unpaired) electrons. The lowest BCUT2D eigenvalue weighted by atomic mass is 9.81. The molecule has 0 unspecified atom stereocenters. The van der Waals surface area contributed by atoms with E-state index in [2.05, 4.69) is 0 Å². The lowest BCUT2D eigenvalue weighted by Crippen LogP contribution is -2.52. The van der Waals surface area contributed by atoms with Crippen molar-refractivity contribution in [3.63, 3.8) is 0 Å². The van der Waals surface area contributed by atoms with Crippen molar-refractivity contribution in [2.24, 2.45) is 7.05 Å². The zero-order chi connectivity index (χ0) is 20.2. The Hall–Kier alpha value is -2.45. The number of hydrogen-bond acceptors (Lipinski definition) is 5. The SMILES string of the molecule is Cn1c(=O)n(N2C(=O)CCCC2=O)c2ccc(C3CCC4(CC3)OCCO4)cc21. The van der Waals surface area contributed by atoms with Crippen LogP contribution in [0, 0.1) is 0 Å². The minimum absolute atomic E-state index is 0.278. The Morgan fingerprint density at radius 1 is 0.966 bits per heavy atom. The topological polar surface area (TPSA) is 82.8 Å². The average Bonchev–Trinajstić information content (AvgIpc) is 3.27. The van der Waals surface area contributed by atoms with Gasteiger partial charge in [-0.15, -0.1) is 0 Å². The van der Waals surface area contributed by atoms with Crippen LogP contribution < -0.4 is 10.7 Å². The maximum atomic E-state index is 12.9. The molecule has 3 fully saturated rings. The lowest BCUT2D eigenvalue weighted by molar-refractivity contribution is -0.178. The minimum atomic E-state index is -0.397. The molecule has 154 valence electrons. The van der Waals surface area contributed by atoms with E-state index in [4.69, 9.17) is 9.47 Å². The summed E-state index contributed by atoms with van der Waals surface area (Å²) in [5.41, 5.74) is 2.09. The number of aromatic nitrogens is 2. The highest BCUT2D eigenvalue weighted by atomic mass is 16.7. The van der Waals surface area contributed by atoms with Crippen molar-refractivity contribution in [1.82, 2.24) is 9.24 Å². The number of benzene rings is 1. The minimum Gasteiger partial charge on any atom is -0.348 e. The van der Waals surface area contributed by atoms with Gasteiger partial charge in [-0.2, -0.15) is 9.69 Å². The number of nitrogens with zero attached hydrogens (tertiary/aromatic N) is 3. The summed E-state index contributed by atoms with van der Waals surface area (Å²) in [6.07, 6.45) is 4.75. The molecule has 1 spiro atoms. The van der Waals surface area contributed by atoms with Crippen molar-refractivity contribution in [2.45, 2.75) is 56.7 Å². The third-order valence-corrected chi connectivity index (χ3v) is 6.54. The van der Waals surface area contributed by atoms with Gasteiger partial charge in [-0.25, -0.2) is 4.79 Å². The lowest BCUT2D eigenvalue weighted by Gasteiger charge is -2.35. The molecule has 0 bridgehead atoms. The molecule has 2 amide bonds. The number of carbonyl (C=O) groups is 2. The van der Waals surface area contributed by atoms with Crippen molar-refractivity contribution in [1.29, 1.82) is 0 Å². The Balaban J connectivity index is 1.49. The van der Waals surface area contributed by atoms with Gasteiger partial charge in [0.05, 0.1) is 24.2 Å². The molecule has 2 aromatic rings. The summed E-state index contributed by atoms with van der Waals surface area (Å²) in [5.74, 6) is -0.677. The number of amides is 2. The van der Waals surface area contributed by atoms with E-state index in [0.29, 0.717) is 31.1 Å². The molecule has 3 aliphatic rings. The molecule has 3 heterocycles. The summed E-state index contributed by atoms with van der Waals surface area (Å²) in [6.45, 7) is 1.33. The number of fused-ring (bicyclic) bond motifs is 1. The maximum absolute atomic E-state index is 12.9. The highest BCUT2D eigenvalue weighted by molar-refractivity contribution is 6.10. The van der Waals surface area contributed by atoms with Gasteiger partial charge < -0.3 is 9.47 Å². The first kappa shape index (κ1) is 18.6. The first-order valence-electron chi connectivity index (χ1n) is 10.3. The summed E-state index contributed by atoms with van der Waals surface area (Å²) < 4.78 is 14.4. The smallest absolute Gasteiger partial charge is 0.348 e. The van der Waals surface area contributed by atoms with E-state index < -0.39 is 5.79 Å². The van der Waals surface area contributed by atoms with Gasteiger partial charge in [0.2, 0.25) is 11.8 Å². The number of imidazole rings is 1. The van der Waals surface area contributed by atoms with Gasteiger partial charge in [0.1, 0.15) is 0 Å². The summed E-state index contributed by atoms with van der Waals surface area (Å²) in [5, 5.41) is 1.02. The fourth-order valence-corrected chi connectivity index (χ4v) is 4.93. The van der Waals surface area contributed by atoms with Crippen LogP contribution >= 0.6 is 0 Å². The Morgan fingerprint density at radius 2 is 1.62 bits per heavy atom. The van der Waals surface area contributed by atoms with Crippen LogP contribution in [0.25, 0.3) is 11.0 Å². The van der Waals surface area contributed by atoms with Crippen LogP contribution in [0.5, 0.6) is 0 Å². The molecule has 1 aliphatic carbocycles. The maximum Gasteiger partial charge on any atom is 0.348 e. The van der Waals surface area contributed by atoms with Gasteiger partial charge in [-0.3, -0.25) is 14.2 Å². The van der Waals surface area contributed by atoms with E-state index in [0.717, 1.165) is 41.8 Å². The van der Waals surface area contributed by atoms with Crippen molar-refractivity contribution in [3.8, 4) is 0 Å². The molecule has 29 heavy (non-hydrogen) atoms. The molecule has 8 nitrogen and oxygen atoms in total. The number of ether oxygens (including phenoxy) is 2. The number of carbonyl (C=O) groups excluding carboxylic acids is 2. The van der Waals surface area contributed by atoms with E-state index in [1.807, 2.05) is 18.2 Å². The zero-order valence-corrected chi connectivity index (χ0v) is 16.6. The first-order valence-corrected chi connectivity index (χ1v) is 10.3. The Bertz CT molecular complexity index is 1020. The largest absolute Gasteiger partial charge is 0.348 e. The Morgan fingerprint density at radius 3 is 2.28 bits per heavy atom. The highest BCUT2D eigenvalue weighted by Crippen LogP contribution is 2.42. The number of aryl methyl sites for hydroxylation is 1. The quantitative estimate of drug-likeness (QED) is 0.721. The monoisotopic (exact) mass is 399 g/mol. The second-order valence-corrected chi connectivity index (χ2v) is 8.24. The molecule has 8 heteroatoms. The molecule has 5 rings (SSSR count). The Labute approximate surface area is 167 Å². The third kappa shape index (κ3) is 2.93. The molecular formula is C21H25N3O5. The molecular weight excluding hydrogens is 374 g/mol. The predicted octanol–water partition coefficient (Wildman–Crippen LogP) is 1.92. The van der Waals surface area contributed by atoms with Crippen LogP contribution in [-0.4, -0.2) is 40.1 Å². The van der Waals surface area contributed by atoms with Crippen LogP contribution in [0.15, 0.2) is 23.0 Å². The summed E-state index contributed by atoms with van der Waals surface area (Å²) >= 11 is 0. The van der Waals surface area contributed by atoms with Crippen LogP contribution in [0.1, 0.15) is 56.4 Å². The number of hydrogen-bond donors (Lipinski definition) is 0. The zero-order valence-electron chi connectivity index (χ0n) is 16.6. The molecule has 1 aromatic heterocycles. The van der Waals surface area contributed by atoms with E-state index in [9.17, 15) is 14.4 Å². The van der Waals surface area contributed by atoms with Gasteiger partial charge in [0.15, 0.2) is 5.79 Å². The molecule has 2 aliphatic heterocycles. The third-order valence-electron chi connectivity index (χ3n) is 6.54. The number of imide groups is 1. The van der Waals surface area contributed by atoms with Gasteiger partial charge in [0, 0.05) is 32.7 Å². The molecule has 2 saturated heterocycles. The van der Waals surface area contributed by atoms with Crippen molar-refractivity contribution >= 4 is 22.8 Å². The van der Waals surface area contributed by atoms with Crippen molar-refractivity contribution in [3.05, 3.63) is 34.2 Å². The normalized spacial score (nSPS) is 22.9. The number of rotatable bonds is 2. The highest BCUT2D eigenvalue weighted by Gasteiger charge is 2.40. The fourth-order valence-electron chi connectivity index (χ4n) is 4.93. The summed E-state index contributed by atoms with van der Waals surface area (Å²) in [4.78, 5) is 37.6. The second-order valence-electron chi connectivity index (χ2n) is 8.24. The van der Waals surface area contributed by atoms with Gasteiger partial charge >= 0.3 is 5.69 Å².